The number of aromatic nitrogens is 4. The molecule has 0 fully saturated rings. The monoisotopic (exact) mass is 308 g/mol. The van der Waals surface area contributed by atoms with Gasteiger partial charge < -0.3 is 9.47 Å². The zero-order chi connectivity index (χ0) is 16.0. The standard InChI is InChI=1S/C10H11F3N4O4/c1-3-21-8(19)7(18)4-6(20-2)5-17-9(10(11,12)13)14-15-16-17/h4H,3,5H2,1-2H3/b6-4+. The quantitative estimate of drug-likeness (QED) is 0.324. The van der Waals surface area contributed by atoms with Gasteiger partial charge in [-0.05, 0) is 17.4 Å². The highest BCUT2D eigenvalue weighted by Crippen LogP contribution is 2.26. The highest BCUT2D eigenvalue weighted by Gasteiger charge is 2.38. The second-order valence-corrected chi connectivity index (χ2v) is 3.56. The lowest BCUT2D eigenvalue weighted by molar-refractivity contribution is -0.151. The van der Waals surface area contributed by atoms with Crippen molar-refractivity contribution in [3.8, 4) is 0 Å². The van der Waals surface area contributed by atoms with Crippen LogP contribution in [0.3, 0.4) is 0 Å². The van der Waals surface area contributed by atoms with Crippen molar-refractivity contribution in [1.29, 1.82) is 0 Å². The first kappa shape index (κ1) is 16.6. The van der Waals surface area contributed by atoms with Gasteiger partial charge in [0.15, 0.2) is 0 Å². The van der Waals surface area contributed by atoms with Gasteiger partial charge in [0.05, 0.1) is 13.7 Å². The van der Waals surface area contributed by atoms with E-state index in [1.165, 1.54) is 6.92 Å². The van der Waals surface area contributed by atoms with E-state index in [1.807, 2.05) is 0 Å². The van der Waals surface area contributed by atoms with Crippen molar-refractivity contribution in [1.82, 2.24) is 20.2 Å². The number of carbonyl (C=O) groups is 2. The fraction of sp³-hybridized carbons (Fsp3) is 0.500. The Morgan fingerprint density at radius 3 is 2.57 bits per heavy atom. The minimum Gasteiger partial charge on any atom is -0.499 e. The molecule has 0 N–H and O–H groups in total. The number of carbonyl (C=O) groups excluding carboxylic acids is 2. The van der Waals surface area contributed by atoms with E-state index in [9.17, 15) is 22.8 Å². The molecule has 1 aromatic rings. The topological polar surface area (TPSA) is 96.2 Å². The van der Waals surface area contributed by atoms with Gasteiger partial charge in [-0.2, -0.15) is 13.2 Å². The maximum absolute atomic E-state index is 12.6. The first-order valence-electron chi connectivity index (χ1n) is 5.58. The Hall–Kier alpha value is -2.46. The molecule has 0 amide bonds. The van der Waals surface area contributed by atoms with Gasteiger partial charge in [-0.3, -0.25) is 4.79 Å². The molecule has 0 saturated carbocycles. The Morgan fingerprint density at radius 2 is 2.05 bits per heavy atom. The summed E-state index contributed by atoms with van der Waals surface area (Å²) in [5.41, 5.74) is 0. The first-order valence-corrected chi connectivity index (χ1v) is 5.58. The molecule has 21 heavy (non-hydrogen) atoms. The molecule has 0 bridgehead atoms. The van der Waals surface area contributed by atoms with Gasteiger partial charge in [-0.15, -0.1) is 5.10 Å². The summed E-state index contributed by atoms with van der Waals surface area (Å²) < 4.78 is 47.3. The van der Waals surface area contributed by atoms with Crippen molar-refractivity contribution in [2.45, 2.75) is 19.6 Å². The smallest absolute Gasteiger partial charge is 0.453 e. The maximum Gasteiger partial charge on any atom is 0.453 e. The van der Waals surface area contributed by atoms with Crippen LogP contribution in [0.25, 0.3) is 0 Å². The second kappa shape index (κ2) is 6.81. The summed E-state index contributed by atoms with van der Waals surface area (Å²) in [4.78, 5) is 22.5. The fourth-order valence-electron chi connectivity index (χ4n) is 1.24. The third-order valence-corrected chi connectivity index (χ3v) is 2.12. The van der Waals surface area contributed by atoms with Crippen LogP contribution in [0, 0.1) is 0 Å². The SMILES string of the molecule is CCOC(=O)C(=O)/C=C(\Cn1nnnc1C(F)(F)F)OC. The van der Waals surface area contributed by atoms with Gasteiger partial charge in [0.1, 0.15) is 12.3 Å². The molecule has 8 nitrogen and oxygen atoms in total. The predicted molar refractivity (Wildman–Crippen MR) is 59.6 cm³/mol. The van der Waals surface area contributed by atoms with E-state index in [0.717, 1.165) is 13.2 Å². The van der Waals surface area contributed by atoms with E-state index in [4.69, 9.17) is 4.74 Å². The molecular formula is C10H11F3N4O4. The number of halogens is 3. The largest absolute Gasteiger partial charge is 0.499 e. The number of ketones is 1. The molecular weight excluding hydrogens is 297 g/mol. The van der Waals surface area contributed by atoms with Crippen LogP contribution in [0.2, 0.25) is 0 Å². The van der Waals surface area contributed by atoms with Crippen LogP contribution in [0.15, 0.2) is 11.8 Å². The van der Waals surface area contributed by atoms with Crippen LogP contribution in [-0.4, -0.2) is 45.7 Å². The highest BCUT2D eigenvalue weighted by atomic mass is 19.4. The lowest BCUT2D eigenvalue weighted by Gasteiger charge is -2.09. The average Bonchev–Trinajstić information content (AvgIpc) is 2.86. The van der Waals surface area contributed by atoms with Gasteiger partial charge in [-0.25, -0.2) is 9.48 Å². The normalized spacial score (nSPS) is 12.1. The second-order valence-electron chi connectivity index (χ2n) is 3.56. The molecule has 1 aromatic heterocycles. The molecule has 11 heteroatoms. The Labute approximate surface area is 116 Å². The number of allylic oxidation sites excluding steroid dienone is 1. The lowest BCUT2D eigenvalue weighted by Crippen LogP contribution is -2.19. The van der Waals surface area contributed by atoms with E-state index in [2.05, 4.69) is 20.3 Å². The van der Waals surface area contributed by atoms with E-state index in [-0.39, 0.29) is 12.4 Å². The number of esters is 1. The van der Waals surface area contributed by atoms with Crippen molar-refractivity contribution in [3.05, 3.63) is 17.7 Å². The van der Waals surface area contributed by atoms with Crippen LogP contribution >= 0.6 is 0 Å². The number of nitrogens with zero attached hydrogens (tertiary/aromatic N) is 4. The van der Waals surface area contributed by atoms with Crippen molar-refractivity contribution < 1.29 is 32.2 Å². The van der Waals surface area contributed by atoms with Crippen LogP contribution in [-0.2, 0) is 31.8 Å². The number of hydrogen-bond acceptors (Lipinski definition) is 7. The lowest BCUT2D eigenvalue weighted by atomic mass is 10.3. The molecule has 1 heterocycles. The van der Waals surface area contributed by atoms with E-state index in [0.29, 0.717) is 4.68 Å². The molecule has 0 unspecified atom stereocenters. The Balaban J connectivity index is 2.91. The van der Waals surface area contributed by atoms with E-state index >= 15 is 0 Å². The molecule has 0 saturated heterocycles. The molecule has 116 valence electrons. The summed E-state index contributed by atoms with van der Waals surface area (Å²) in [5, 5.41) is 8.89. The number of tetrazole rings is 1. The van der Waals surface area contributed by atoms with Crippen molar-refractivity contribution in [3.63, 3.8) is 0 Å². The summed E-state index contributed by atoms with van der Waals surface area (Å²) in [5.74, 6) is -3.78. The third kappa shape index (κ3) is 4.54. The number of rotatable bonds is 6. The maximum atomic E-state index is 12.6. The van der Waals surface area contributed by atoms with Crippen LogP contribution in [0.1, 0.15) is 12.7 Å². The molecule has 1 rings (SSSR count). The zero-order valence-electron chi connectivity index (χ0n) is 11.0. The van der Waals surface area contributed by atoms with Crippen LogP contribution in [0.5, 0.6) is 0 Å². The van der Waals surface area contributed by atoms with Crippen molar-refractivity contribution in [2.75, 3.05) is 13.7 Å². The molecule has 0 spiro atoms. The molecule has 0 aliphatic carbocycles. The summed E-state index contributed by atoms with van der Waals surface area (Å²) in [6, 6.07) is 0. The van der Waals surface area contributed by atoms with Gasteiger partial charge in [0, 0.05) is 6.08 Å². The van der Waals surface area contributed by atoms with Crippen LogP contribution in [0.4, 0.5) is 13.2 Å². The number of hydrogen-bond donors (Lipinski definition) is 0. The van der Waals surface area contributed by atoms with Crippen molar-refractivity contribution in [2.24, 2.45) is 0 Å². The summed E-state index contributed by atoms with van der Waals surface area (Å²) >= 11 is 0. The summed E-state index contributed by atoms with van der Waals surface area (Å²) in [6.45, 7) is 0.929. The van der Waals surface area contributed by atoms with E-state index < -0.39 is 30.3 Å². The number of methoxy groups -OCH3 is 1. The molecule has 0 atom stereocenters. The minimum absolute atomic E-state index is 0.00799. The molecule has 0 aromatic carbocycles. The number of alkyl halides is 3. The Kier molecular flexibility index (Phi) is 5.38. The highest BCUT2D eigenvalue weighted by molar-refractivity contribution is 6.38. The fourth-order valence-corrected chi connectivity index (χ4v) is 1.24. The average molecular weight is 308 g/mol. The van der Waals surface area contributed by atoms with Gasteiger partial charge in [0.2, 0.25) is 0 Å². The zero-order valence-corrected chi connectivity index (χ0v) is 11.0. The predicted octanol–water partition coefficient (Wildman–Crippen LogP) is 0.354. The van der Waals surface area contributed by atoms with Gasteiger partial charge in [-0.1, -0.05) is 0 Å². The Bertz CT molecular complexity index is 553. The molecule has 0 aliphatic heterocycles. The first-order chi connectivity index (χ1) is 9.79. The number of ether oxygens (including phenoxy) is 2. The minimum atomic E-state index is -4.76. The third-order valence-electron chi connectivity index (χ3n) is 2.12. The molecule has 0 radical (unpaired) electrons. The Morgan fingerprint density at radius 1 is 1.38 bits per heavy atom. The van der Waals surface area contributed by atoms with Gasteiger partial charge >= 0.3 is 12.1 Å². The van der Waals surface area contributed by atoms with Crippen molar-refractivity contribution >= 4 is 11.8 Å². The van der Waals surface area contributed by atoms with Crippen LogP contribution < -0.4 is 0 Å². The molecule has 0 aliphatic rings. The summed E-state index contributed by atoms with van der Waals surface area (Å²) in [6.07, 6.45) is -4.03. The summed E-state index contributed by atoms with van der Waals surface area (Å²) in [7, 11) is 1.13. The van der Waals surface area contributed by atoms with E-state index in [1.54, 1.807) is 0 Å². The van der Waals surface area contributed by atoms with Gasteiger partial charge in [0.25, 0.3) is 11.6 Å².